The lowest BCUT2D eigenvalue weighted by atomic mass is 10.1. The predicted molar refractivity (Wildman–Crippen MR) is 82.1 cm³/mol. The molecule has 94 valence electrons. The summed E-state index contributed by atoms with van der Waals surface area (Å²) in [6.07, 6.45) is 0.561. The number of aromatic hydroxyl groups is 1. The first kappa shape index (κ1) is 15.0. The second kappa shape index (κ2) is 7.37. The van der Waals surface area contributed by atoms with Gasteiger partial charge in [0, 0.05) is 52.1 Å². The first-order valence-corrected chi connectivity index (χ1v) is 7.03. The van der Waals surface area contributed by atoms with Crippen molar-refractivity contribution >= 4 is 51.7 Å². The van der Waals surface area contributed by atoms with Crippen LogP contribution in [0.25, 0.3) is 0 Å². The van der Waals surface area contributed by atoms with Gasteiger partial charge in [0.15, 0.2) is 0 Å². The van der Waals surface area contributed by atoms with E-state index in [9.17, 15) is 9.90 Å². The first-order chi connectivity index (χ1) is 8.04. The topological polar surface area (TPSA) is 49.8 Å². The molecule has 1 rings (SSSR count). The molecule has 0 amide bonds. The molecule has 1 aromatic rings. The van der Waals surface area contributed by atoms with Gasteiger partial charge in [-0.1, -0.05) is 12.1 Å². The van der Waals surface area contributed by atoms with Crippen LogP contribution in [-0.4, -0.2) is 25.1 Å². The van der Waals surface area contributed by atoms with Gasteiger partial charge in [0.2, 0.25) is 0 Å². The summed E-state index contributed by atoms with van der Waals surface area (Å²) < 4.78 is 6.80. The van der Waals surface area contributed by atoms with Crippen molar-refractivity contribution in [2.75, 3.05) is 6.61 Å². The molecule has 6 heteroatoms. The Kier molecular flexibility index (Phi) is 6.49. The van der Waals surface area contributed by atoms with Gasteiger partial charge in [-0.15, -0.1) is 0 Å². The zero-order valence-corrected chi connectivity index (χ0v) is 13.6. The molecule has 0 heterocycles. The zero-order valence-electron chi connectivity index (χ0n) is 9.27. The fourth-order valence-corrected chi connectivity index (χ4v) is 2.17. The van der Waals surface area contributed by atoms with Crippen LogP contribution in [0.1, 0.15) is 12.5 Å². The third-order valence-corrected chi connectivity index (χ3v) is 3.50. The van der Waals surface area contributed by atoms with Crippen LogP contribution < -0.4 is 0 Å². The Morgan fingerprint density at radius 2 is 2.00 bits per heavy atom. The molecule has 0 aromatic heterocycles. The van der Waals surface area contributed by atoms with Gasteiger partial charge in [-0.25, -0.2) is 0 Å². The highest BCUT2D eigenvalue weighted by atomic mass is 127. The lowest BCUT2D eigenvalue weighted by Crippen LogP contribution is -2.32. The summed E-state index contributed by atoms with van der Waals surface area (Å²) in [7, 11) is 0. The fraction of sp³-hybridized carbons (Fsp3) is 0.364. The van der Waals surface area contributed by atoms with Gasteiger partial charge < -0.3 is 9.84 Å². The Labute approximate surface area is 128 Å². The Balaban J connectivity index is 2.73. The highest BCUT2D eigenvalue weighted by molar-refractivity contribution is 14.2. The molecule has 0 aliphatic carbocycles. The quantitative estimate of drug-likeness (QED) is 0.417. The number of phenols is 1. The molecule has 0 spiro atoms. The number of benzene rings is 1. The van der Waals surface area contributed by atoms with Crippen LogP contribution in [-0.2, 0) is 16.0 Å². The molecule has 0 radical (unpaired) electrons. The Morgan fingerprint density at radius 3 is 2.47 bits per heavy atom. The largest absolute Gasteiger partial charge is 0.508 e. The second-order valence-electron chi connectivity index (χ2n) is 3.40. The maximum atomic E-state index is 11.7. The summed E-state index contributed by atoms with van der Waals surface area (Å²) in [5.74, 6) is -0.00777. The van der Waals surface area contributed by atoms with E-state index in [-0.39, 0.29) is 17.8 Å². The molecule has 17 heavy (non-hydrogen) atoms. The molecule has 0 aliphatic rings. The maximum absolute atomic E-state index is 11.7. The lowest BCUT2D eigenvalue weighted by Gasteiger charge is -2.18. The maximum Gasteiger partial charge on any atom is 0.325 e. The van der Waals surface area contributed by atoms with Gasteiger partial charge in [-0.3, -0.25) is 4.79 Å². The summed E-state index contributed by atoms with van der Waals surface area (Å²) in [6.45, 7) is 2.17. The third kappa shape index (κ3) is 4.96. The van der Waals surface area contributed by atoms with Crippen molar-refractivity contribution in [3.8, 4) is 5.75 Å². The van der Waals surface area contributed by atoms with Gasteiger partial charge in [-0.2, -0.15) is 1.33 Å². The predicted octanol–water partition coefficient (Wildman–Crippen LogP) is 2.87. The average Bonchev–Trinajstić information content (AvgIpc) is 2.28. The average molecular weight is 461 g/mol. The molecule has 1 atom stereocenters. The number of esters is 1. The minimum atomic E-state index is -0.319. The highest BCUT2D eigenvalue weighted by Crippen LogP contribution is 2.20. The van der Waals surface area contributed by atoms with Gasteiger partial charge in [0.1, 0.15) is 11.8 Å². The summed E-state index contributed by atoms with van der Waals surface area (Å²) in [6, 6.07) is 6.52. The molecular weight excluding hydrogens is 448 g/mol. The smallest absolute Gasteiger partial charge is 0.325 e. The van der Waals surface area contributed by atoms with Crippen molar-refractivity contribution < 1.29 is 14.6 Å². The molecule has 1 N–H and O–H groups in total. The molecule has 0 fully saturated rings. The standard InChI is InChI=1S/C11H13I2NO3/c1-2-17-11(16)10(14(12)13)7-8-3-5-9(15)6-4-8/h3-6,10,15H,2,7H2,1H3/t10-/m0/s1. The number of hydrogen-bond acceptors (Lipinski definition) is 4. The van der Waals surface area contributed by atoms with E-state index in [1.165, 1.54) is 0 Å². The van der Waals surface area contributed by atoms with Crippen LogP contribution in [0.4, 0.5) is 0 Å². The van der Waals surface area contributed by atoms with Gasteiger partial charge in [0.05, 0.1) is 6.61 Å². The molecule has 4 nitrogen and oxygen atoms in total. The Hall–Kier alpha value is -0.0900. The van der Waals surface area contributed by atoms with Crippen molar-refractivity contribution in [2.45, 2.75) is 19.4 Å². The van der Waals surface area contributed by atoms with Crippen LogP contribution in [0, 0.1) is 0 Å². The second-order valence-corrected chi connectivity index (χ2v) is 7.32. The van der Waals surface area contributed by atoms with Gasteiger partial charge in [0.25, 0.3) is 0 Å². The summed E-state index contributed by atoms with van der Waals surface area (Å²) in [5, 5.41) is 9.19. The monoisotopic (exact) mass is 461 g/mol. The molecular formula is C11H13I2NO3. The van der Waals surface area contributed by atoms with E-state index in [0.717, 1.165) is 5.56 Å². The van der Waals surface area contributed by atoms with Crippen LogP contribution in [0.5, 0.6) is 5.75 Å². The summed E-state index contributed by atoms with van der Waals surface area (Å²) in [5.41, 5.74) is 0.985. The van der Waals surface area contributed by atoms with Crippen LogP contribution >= 0.6 is 45.7 Å². The third-order valence-electron chi connectivity index (χ3n) is 2.16. The molecule has 0 saturated heterocycles. The summed E-state index contributed by atoms with van der Waals surface area (Å²) >= 11 is 4.13. The molecule has 0 unspecified atom stereocenters. The van der Waals surface area contributed by atoms with E-state index >= 15 is 0 Å². The Morgan fingerprint density at radius 1 is 1.41 bits per heavy atom. The molecule has 0 bridgehead atoms. The molecule has 1 aromatic carbocycles. The van der Waals surface area contributed by atoms with Crippen molar-refractivity contribution in [3.05, 3.63) is 29.8 Å². The van der Waals surface area contributed by atoms with Gasteiger partial charge in [-0.05, 0) is 24.6 Å². The number of carbonyl (C=O) groups is 1. The van der Waals surface area contributed by atoms with Crippen molar-refractivity contribution in [1.29, 1.82) is 0 Å². The SMILES string of the molecule is CCOC(=O)[C@H](Cc1ccc(O)cc1)N(I)I. The van der Waals surface area contributed by atoms with E-state index in [4.69, 9.17) is 4.74 Å². The minimum Gasteiger partial charge on any atom is -0.508 e. The van der Waals surface area contributed by atoms with Crippen molar-refractivity contribution in [2.24, 2.45) is 0 Å². The van der Waals surface area contributed by atoms with E-state index in [1.807, 2.05) is 0 Å². The van der Waals surface area contributed by atoms with Crippen LogP contribution in [0.2, 0.25) is 0 Å². The van der Waals surface area contributed by atoms with Gasteiger partial charge >= 0.3 is 5.97 Å². The van der Waals surface area contributed by atoms with E-state index < -0.39 is 0 Å². The van der Waals surface area contributed by atoms with Crippen molar-refractivity contribution in [1.82, 2.24) is 1.33 Å². The number of halogens is 2. The van der Waals surface area contributed by atoms with Crippen LogP contribution in [0.15, 0.2) is 24.3 Å². The first-order valence-electron chi connectivity index (χ1n) is 5.10. The van der Waals surface area contributed by atoms with E-state index in [1.54, 1.807) is 32.5 Å². The number of nitrogens with zero attached hydrogens (tertiary/aromatic N) is 1. The number of phenolic OH excluding ortho intramolecular Hbond substituents is 1. The zero-order chi connectivity index (χ0) is 12.8. The summed E-state index contributed by atoms with van der Waals surface area (Å²) in [4.78, 5) is 11.7. The minimum absolute atomic E-state index is 0.224. The molecule has 0 saturated carbocycles. The highest BCUT2D eigenvalue weighted by Gasteiger charge is 2.24. The van der Waals surface area contributed by atoms with Crippen molar-refractivity contribution in [3.63, 3.8) is 0 Å². The number of ether oxygens (including phenoxy) is 1. The van der Waals surface area contributed by atoms with E-state index in [0.29, 0.717) is 13.0 Å². The molecule has 0 aliphatic heterocycles. The lowest BCUT2D eigenvalue weighted by molar-refractivity contribution is -0.145. The normalized spacial score (nSPS) is 12.5. The number of carbonyl (C=O) groups excluding carboxylic acids is 1. The van der Waals surface area contributed by atoms with Crippen LogP contribution in [0.3, 0.4) is 0 Å². The van der Waals surface area contributed by atoms with E-state index in [2.05, 4.69) is 45.7 Å². The fourth-order valence-electron chi connectivity index (χ4n) is 1.33. The number of rotatable bonds is 5. The number of hydrogen-bond donors (Lipinski definition) is 1. The Bertz CT molecular complexity index is 367.